The number of amides is 2. The number of carbonyl (C=O) groups excluding carboxylic acids is 1. The molecule has 27 heavy (non-hydrogen) atoms. The molecule has 142 valence electrons. The molecule has 2 atom stereocenters. The van der Waals surface area contributed by atoms with Gasteiger partial charge in [-0.1, -0.05) is 17.7 Å². The van der Waals surface area contributed by atoms with Crippen molar-refractivity contribution in [3.63, 3.8) is 0 Å². The molecular weight excluding hydrogens is 398 g/mol. The van der Waals surface area contributed by atoms with Gasteiger partial charge in [0.1, 0.15) is 11.6 Å². The number of hydrogen-bond acceptors (Lipinski definition) is 3. The first-order valence-electron chi connectivity index (χ1n) is 8.25. The zero-order valence-corrected chi connectivity index (χ0v) is 15.6. The summed E-state index contributed by atoms with van der Waals surface area (Å²) in [5, 5.41) is 0.167. The van der Waals surface area contributed by atoms with E-state index < -0.39 is 39.6 Å². The SMILES string of the molecule is O=C1N(Cc2c(F)cccc2Cl)[C@@H]2CS(=O)(=O)C[C@H]2N1c1ccc(F)cc1. The average Bonchev–Trinajstić information content (AvgIpc) is 3.02. The van der Waals surface area contributed by atoms with Gasteiger partial charge in [0, 0.05) is 16.3 Å². The number of rotatable bonds is 3. The van der Waals surface area contributed by atoms with Gasteiger partial charge in [0.25, 0.3) is 0 Å². The molecule has 5 nitrogen and oxygen atoms in total. The molecule has 2 fully saturated rings. The molecule has 9 heteroatoms. The summed E-state index contributed by atoms with van der Waals surface area (Å²) in [6, 6.07) is 7.79. The van der Waals surface area contributed by atoms with Crippen LogP contribution in [0.15, 0.2) is 42.5 Å². The second-order valence-corrected chi connectivity index (χ2v) is 9.23. The number of anilines is 1. The van der Waals surface area contributed by atoms with E-state index in [4.69, 9.17) is 11.6 Å². The van der Waals surface area contributed by atoms with E-state index in [1.165, 1.54) is 52.3 Å². The van der Waals surface area contributed by atoms with E-state index >= 15 is 0 Å². The monoisotopic (exact) mass is 412 g/mol. The fourth-order valence-electron chi connectivity index (χ4n) is 3.72. The normalized spacial score (nSPS) is 23.7. The van der Waals surface area contributed by atoms with Crippen LogP contribution >= 0.6 is 11.6 Å². The van der Waals surface area contributed by atoms with Gasteiger partial charge in [0.05, 0.1) is 30.1 Å². The van der Waals surface area contributed by atoms with Crippen molar-refractivity contribution in [1.82, 2.24) is 4.90 Å². The van der Waals surface area contributed by atoms with Gasteiger partial charge in [-0.3, -0.25) is 4.90 Å². The van der Waals surface area contributed by atoms with Gasteiger partial charge in [-0.25, -0.2) is 22.0 Å². The van der Waals surface area contributed by atoms with Crippen LogP contribution in [0.25, 0.3) is 0 Å². The number of hydrogen-bond donors (Lipinski definition) is 0. The highest BCUT2D eigenvalue weighted by atomic mass is 35.5. The molecular formula is C18H15ClF2N2O3S. The van der Waals surface area contributed by atoms with Crippen molar-refractivity contribution in [3.05, 3.63) is 64.7 Å². The van der Waals surface area contributed by atoms with E-state index in [1.807, 2.05) is 0 Å². The average molecular weight is 413 g/mol. The summed E-state index contributed by atoms with van der Waals surface area (Å²) in [6.45, 7) is -0.140. The van der Waals surface area contributed by atoms with E-state index in [0.29, 0.717) is 5.69 Å². The maximum Gasteiger partial charge on any atom is 0.325 e. The van der Waals surface area contributed by atoms with Crippen LogP contribution in [0.2, 0.25) is 5.02 Å². The van der Waals surface area contributed by atoms with Gasteiger partial charge in [0.2, 0.25) is 0 Å². The minimum absolute atomic E-state index is 0.136. The molecule has 4 rings (SSSR count). The highest BCUT2D eigenvalue weighted by molar-refractivity contribution is 7.91. The molecule has 2 aliphatic heterocycles. The van der Waals surface area contributed by atoms with E-state index in [2.05, 4.69) is 0 Å². The number of benzene rings is 2. The van der Waals surface area contributed by atoms with Crippen LogP contribution in [-0.4, -0.2) is 42.9 Å². The van der Waals surface area contributed by atoms with Crippen LogP contribution in [0.3, 0.4) is 0 Å². The van der Waals surface area contributed by atoms with Crippen LogP contribution in [-0.2, 0) is 16.4 Å². The van der Waals surface area contributed by atoms with E-state index in [9.17, 15) is 22.0 Å². The van der Waals surface area contributed by atoms with Crippen molar-refractivity contribution >= 4 is 33.2 Å². The van der Waals surface area contributed by atoms with Gasteiger partial charge in [-0.15, -0.1) is 0 Å². The first-order chi connectivity index (χ1) is 12.8. The molecule has 2 saturated heterocycles. The van der Waals surface area contributed by atoms with Crippen LogP contribution in [0.1, 0.15) is 5.56 Å². The smallest absolute Gasteiger partial charge is 0.314 e. The summed E-state index contributed by atoms with van der Waals surface area (Å²) in [7, 11) is -3.36. The summed E-state index contributed by atoms with van der Waals surface area (Å²) in [5.41, 5.74) is 0.534. The largest absolute Gasteiger partial charge is 0.325 e. The number of fused-ring (bicyclic) bond motifs is 1. The predicted molar refractivity (Wildman–Crippen MR) is 97.5 cm³/mol. The lowest BCUT2D eigenvalue weighted by Crippen LogP contribution is -2.37. The fourth-order valence-corrected chi connectivity index (χ4v) is 5.89. The molecule has 0 aromatic heterocycles. The van der Waals surface area contributed by atoms with Gasteiger partial charge in [-0.2, -0.15) is 0 Å². The summed E-state index contributed by atoms with van der Waals surface area (Å²) >= 11 is 6.07. The van der Waals surface area contributed by atoms with Crippen molar-refractivity contribution in [3.8, 4) is 0 Å². The summed E-state index contributed by atoms with van der Waals surface area (Å²) in [5.74, 6) is -1.42. The molecule has 2 aromatic rings. The topological polar surface area (TPSA) is 57.7 Å². The summed E-state index contributed by atoms with van der Waals surface area (Å²) in [6.07, 6.45) is 0. The molecule has 2 heterocycles. The maximum absolute atomic E-state index is 14.2. The second kappa shape index (κ2) is 6.45. The Hall–Kier alpha value is -2.19. The fraction of sp³-hybridized carbons (Fsp3) is 0.278. The molecule has 2 aromatic carbocycles. The summed E-state index contributed by atoms with van der Waals surface area (Å²) in [4.78, 5) is 15.7. The molecule has 0 saturated carbocycles. The first kappa shape index (κ1) is 18.2. The third kappa shape index (κ3) is 3.17. The Morgan fingerprint density at radius 2 is 1.70 bits per heavy atom. The molecule has 2 amide bonds. The third-order valence-corrected chi connectivity index (χ3v) is 7.03. The minimum atomic E-state index is -3.36. The van der Waals surface area contributed by atoms with Gasteiger partial charge in [-0.05, 0) is 36.4 Å². The Morgan fingerprint density at radius 1 is 1.04 bits per heavy atom. The first-order valence-corrected chi connectivity index (χ1v) is 10.5. The number of urea groups is 1. The Bertz CT molecular complexity index is 994. The lowest BCUT2D eigenvalue weighted by atomic mass is 10.1. The molecule has 0 spiro atoms. The highest BCUT2D eigenvalue weighted by Gasteiger charge is 2.54. The van der Waals surface area contributed by atoms with Crippen molar-refractivity contribution < 1.29 is 22.0 Å². The number of sulfone groups is 1. The van der Waals surface area contributed by atoms with E-state index in [0.717, 1.165) is 0 Å². The van der Waals surface area contributed by atoms with Crippen LogP contribution in [0, 0.1) is 11.6 Å². The zero-order valence-electron chi connectivity index (χ0n) is 14.0. The Morgan fingerprint density at radius 3 is 2.37 bits per heavy atom. The molecule has 2 aliphatic rings. The quantitative estimate of drug-likeness (QED) is 0.727. The predicted octanol–water partition coefficient (Wildman–Crippen LogP) is 3.23. The van der Waals surface area contributed by atoms with Crippen LogP contribution < -0.4 is 4.90 Å². The van der Waals surface area contributed by atoms with Crippen LogP contribution in [0.5, 0.6) is 0 Å². The molecule has 0 aliphatic carbocycles. The lowest BCUT2D eigenvalue weighted by molar-refractivity contribution is 0.205. The highest BCUT2D eigenvalue weighted by Crippen LogP contribution is 2.36. The van der Waals surface area contributed by atoms with Gasteiger partial charge < -0.3 is 4.90 Å². The summed E-state index contributed by atoms with van der Waals surface area (Å²) < 4.78 is 51.8. The second-order valence-electron chi connectivity index (χ2n) is 6.67. The van der Waals surface area contributed by atoms with Crippen molar-refractivity contribution in [2.24, 2.45) is 0 Å². The van der Waals surface area contributed by atoms with Crippen molar-refractivity contribution in [2.45, 2.75) is 18.6 Å². The Kier molecular flexibility index (Phi) is 4.35. The molecule has 0 radical (unpaired) electrons. The molecule has 0 bridgehead atoms. The number of nitrogens with zero attached hydrogens (tertiary/aromatic N) is 2. The molecule has 0 unspecified atom stereocenters. The maximum atomic E-state index is 14.2. The van der Waals surface area contributed by atoms with Crippen molar-refractivity contribution in [2.75, 3.05) is 16.4 Å². The lowest BCUT2D eigenvalue weighted by Gasteiger charge is -2.23. The third-order valence-electron chi connectivity index (χ3n) is 4.97. The minimum Gasteiger partial charge on any atom is -0.314 e. The molecule has 0 N–H and O–H groups in total. The van der Waals surface area contributed by atoms with E-state index in [1.54, 1.807) is 0 Å². The van der Waals surface area contributed by atoms with E-state index in [-0.39, 0.29) is 28.6 Å². The standard InChI is InChI=1S/C18H15ClF2N2O3S/c19-14-2-1-3-15(21)13(14)8-22-16-9-27(25,26)10-17(16)23(18(22)24)12-6-4-11(20)5-7-12/h1-7,16-17H,8-10H2/t16-,17-/m1/s1. The number of halogens is 3. The van der Waals surface area contributed by atoms with Gasteiger partial charge in [0.15, 0.2) is 9.84 Å². The Balaban J connectivity index is 1.74. The van der Waals surface area contributed by atoms with Crippen LogP contribution in [0.4, 0.5) is 19.3 Å². The Labute approximate surface area is 160 Å². The number of carbonyl (C=O) groups is 1. The van der Waals surface area contributed by atoms with Crippen molar-refractivity contribution in [1.29, 1.82) is 0 Å². The zero-order chi connectivity index (χ0) is 19.3. The van der Waals surface area contributed by atoms with Gasteiger partial charge >= 0.3 is 6.03 Å².